The lowest BCUT2D eigenvalue weighted by Crippen LogP contribution is -2.47. The molecule has 0 heterocycles. The molecule has 132 valence electrons. The summed E-state index contributed by atoms with van der Waals surface area (Å²) >= 11 is 0. The molecule has 0 unspecified atom stereocenters. The standard InChI is InChI=1S/C15H20N2O6S/c1-17(10-14(19)16-13(11-18)15(20)23-2)24(21,22)9-8-12-6-4-3-5-7-12/h3-9,13,18H,10-11H2,1-2H3,(H,16,19)/b9-8+/t13-/m0/s1. The van der Waals surface area contributed by atoms with E-state index >= 15 is 0 Å². The number of sulfonamides is 1. The molecular weight excluding hydrogens is 336 g/mol. The zero-order valence-corrected chi connectivity index (χ0v) is 14.2. The zero-order chi connectivity index (χ0) is 18.2. The fourth-order valence-electron chi connectivity index (χ4n) is 1.69. The van der Waals surface area contributed by atoms with Gasteiger partial charge in [-0.1, -0.05) is 30.3 Å². The van der Waals surface area contributed by atoms with Crippen LogP contribution in [0.3, 0.4) is 0 Å². The molecule has 24 heavy (non-hydrogen) atoms. The fraction of sp³-hybridized carbons (Fsp3) is 0.333. The van der Waals surface area contributed by atoms with E-state index in [9.17, 15) is 18.0 Å². The number of aliphatic hydroxyl groups excluding tert-OH is 1. The summed E-state index contributed by atoms with van der Waals surface area (Å²) in [6.07, 6.45) is 1.41. The number of amides is 1. The molecule has 1 amide bonds. The average Bonchev–Trinajstić information content (AvgIpc) is 2.58. The first-order chi connectivity index (χ1) is 11.3. The Morgan fingerprint density at radius 3 is 2.50 bits per heavy atom. The van der Waals surface area contributed by atoms with E-state index in [1.54, 1.807) is 30.3 Å². The molecule has 0 saturated heterocycles. The lowest BCUT2D eigenvalue weighted by atomic mass is 10.2. The summed E-state index contributed by atoms with van der Waals surface area (Å²) in [5, 5.41) is 12.2. The van der Waals surface area contributed by atoms with Gasteiger partial charge in [-0.25, -0.2) is 13.2 Å². The topological polar surface area (TPSA) is 113 Å². The molecule has 0 aliphatic carbocycles. The number of benzene rings is 1. The van der Waals surface area contributed by atoms with Gasteiger partial charge in [0.15, 0.2) is 6.04 Å². The largest absolute Gasteiger partial charge is 0.467 e. The van der Waals surface area contributed by atoms with Crippen LogP contribution in [0.25, 0.3) is 6.08 Å². The highest BCUT2D eigenvalue weighted by molar-refractivity contribution is 7.92. The number of nitrogens with zero attached hydrogens (tertiary/aromatic N) is 1. The van der Waals surface area contributed by atoms with Gasteiger partial charge in [-0.2, -0.15) is 4.31 Å². The highest BCUT2D eigenvalue weighted by Crippen LogP contribution is 2.06. The van der Waals surface area contributed by atoms with Crippen molar-refractivity contribution >= 4 is 28.0 Å². The molecule has 1 atom stereocenters. The molecule has 8 nitrogen and oxygen atoms in total. The molecule has 1 rings (SSSR count). The molecule has 0 radical (unpaired) electrons. The van der Waals surface area contributed by atoms with E-state index in [-0.39, 0.29) is 0 Å². The molecule has 1 aromatic carbocycles. The first kappa shape index (κ1) is 19.8. The van der Waals surface area contributed by atoms with Crippen molar-refractivity contribution in [3.8, 4) is 0 Å². The third-order valence-electron chi connectivity index (χ3n) is 3.04. The predicted molar refractivity (Wildman–Crippen MR) is 88.1 cm³/mol. The van der Waals surface area contributed by atoms with Gasteiger partial charge in [0.25, 0.3) is 0 Å². The quantitative estimate of drug-likeness (QED) is 0.611. The van der Waals surface area contributed by atoms with Crippen LogP contribution in [0.1, 0.15) is 5.56 Å². The number of rotatable bonds is 8. The number of nitrogens with one attached hydrogen (secondary N) is 1. The summed E-state index contributed by atoms with van der Waals surface area (Å²) in [5.41, 5.74) is 0.699. The van der Waals surface area contributed by atoms with Crippen molar-refractivity contribution in [2.24, 2.45) is 0 Å². The van der Waals surface area contributed by atoms with Gasteiger partial charge in [0.05, 0.1) is 20.3 Å². The van der Waals surface area contributed by atoms with Gasteiger partial charge in [0.1, 0.15) is 0 Å². The SMILES string of the molecule is COC(=O)[C@H](CO)NC(=O)CN(C)S(=O)(=O)/C=C/c1ccccc1. The van der Waals surface area contributed by atoms with Crippen molar-refractivity contribution in [2.75, 3.05) is 27.3 Å². The average molecular weight is 356 g/mol. The lowest BCUT2D eigenvalue weighted by Gasteiger charge is -2.17. The van der Waals surface area contributed by atoms with Gasteiger partial charge in [-0.05, 0) is 11.6 Å². The molecule has 2 N–H and O–H groups in total. The second-order valence-corrected chi connectivity index (χ2v) is 6.77. The third-order valence-corrected chi connectivity index (χ3v) is 4.51. The number of hydrogen-bond donors (Lipinski definition) is 2. The molecule has 1 aromatic rings. The van der Waals surface area contributed by atoms with Crippen LogP contribution in [-0.2, 0) is 24.3 Å². The van der Waals surface area contributed by atoms with E-state index in [1.807, 2.05) is 0 Å². The minimum Gasteiger partial charge on any atom is -0.467 e. The molecule has 0 bridgehead atoms. The second-order valence-electron chi connectivity index (χ2n) is 4.84. The molecule has 0 spiro atoms. The van der Waals surface area contributed by atoms with E-state index in [2.05, 4.69) is 10.1 Å². The predicted octanol–water partition coefficient (Wildman–Crippen LogP) is -0.431. The highest BCUT2D eigenvalue weighted by Gasteiger charge is 2.23. The van der Waals surface area contributed by atoms with Crippen molar-refractivity contribution in [3.63, 3.8) is 0 Å². The van der Waals surface area contributed by atoms with E-state index in [4.69, 9.17) is 5.11 Å². The Morgan fingerprint density at radius 1 is 1.33 bits per heavy atom. The fourth-order valence-corrected chi connectivity index (χ4v) is 2.52. The molecule has 0 saturated carbocycles. The second kappa shape index (κ2) is 9.16. The minimum absolute atomic E-state index is 0.505. The van der Waals surface area contributed by atoms with E-state index in [1.165, 1.54) is 13.1 Å². The minimum atomic E-state index is -3.81. The smallest absolute Gasteiger partial charge is 0.330 e. The van der Waals surface area contributed by atoms with Crippen LogP contribution in [-0.4, -0.2) is 63.1 Å². The summed E-state index contributed by atoms with van der Waals surface area (Å²) in [6, 6.07) is 7.58. The van der Waals surface area contributed by atoms with Crippen LogP contribution >= 0.6 is 0 Å². The number of methoxy groups -OCH3 is 1. The maximum Gasteiger partial charge on any atom is 0.330 e. The Morgan fingerprint density at radius 2 is 1.96 bits per heavy atom. The normalized spacial score (nSPS) is 13.0. The first-order valence-electron chi connectivity index (χ1n) is 6.97. The number of carbonyl (C=O) groups is 2. The van der Waals surface area contributed by atoms with Crippen molar-refractivity contribution in [3.05, 3.63) is 41.3 Å². The summed E-state index contributed by atoms with van der Waals surface area (Å²) in [4.78, 5) is 23.1. The Labute approximate surface area is 140 Å². The van der Waals surface area contributed by atoms with Crippen molar-refractivity contribution < 1.29 is 27.9 Å². The van der Waals surface area contributed by atoms with Crippen molar-refractivity contribution in [2.45, 2.75) is 6.04 Å². The Kier molecular flexibility index (Phi) is 7.56. The van der Waals surface area contributed by atoms with Gasteiger partial charge >= 0.3 is 5.97 Å². The van der Waals surface area contributed by atoms with Gasteiger partial charge in [-0.3, -0.25) is 4.79 Å². The maximum atomic E-state index is 12.1. The van der Waals surface area contributed by atoms with Crippen LogP contribution in [0, 0.1) is 0 Å². The number of aliphatic hydroxyl groups is 1. The summed E-state index contributed by atoms with van der Waals surface area (Å²) < 4.78 is 29.4. The molecule has 0 aromatic heterocycles. The third kappa shape index (κ3) is 6.11. The Bertz CT molecular complexity index is 687. The van der Waals surface area contributed by atoms with Gasteiger partial charge in [0.2, 0.25) is 15.9 Å². The summed E-state index contributed by atoms with van der Waals surface area (Å²) in [7, 11) is -1.46. The summed E-state index contributed by atoms with van der Waals surface area (Å²) in [5.74, 6) is -1.56. The molecule has 0 fully saturated rings. The molecular formula is C15H20N2O6S. The van der Waals surface area contributed by atoms with Crippen molar-refractivity contribution in [1.29, 1.82) is 0 Å². The number of likely N-dealkylation sites (N-methyl/N-ethyl adjacent to an activating group) is 1. The monoisotopic (exact) mass is 356 g/mol. The van der Waals surface area contributed by atoms with E-state index in [0.29, 0.717) is 5.56 Å². The summed E-state index contributed by atoms with van der Waals surface area (Å²) in [6.45, 7) is -1.16. The molecule has 0 aliphatic rings. The van der Waals surface area contributed by atoms with Gasteiger partial charge in [0, 0.05) is 12.5 Å². The Balaban J connectivity index is 2.68. The Hall–Kier alpha value is -2.23. The molecule has 0 aliphatic heterocycles. The van der Waals surface area contributed by atoms with Crippen LogP contribution in [0.15, 0.2) is 35.7 Å². The van der Waals surface area contributed by atoms with Crippen LogP contribution < -0.4 is 5.32 Å². The van der Waals surface area contributed by atoms with Gasteiger partial charge < -0.3 is 15.2 Å². The highest BCUT2D eigenvalue weighted by atomic mass is 32.2. The van der Waals surface area contributed by atoms with Crippen LogP contribution in [0.2, 0.25) is 0 Å². The van der Waals surface area contributed by atoms with E-state index < -0.39 is 41.1 Å². The van der Waals surface area contributed by atoms with E-state index in [0.717, 1.165) is 16.8 Å². The van der Waals surface area contributed by atoms with Crippen molar-refractivity contribution in [1.82, 2.24) is 9.62 Å². The molecule has 9 heteroatoms. The number of ether oxygens (including phenoxy) is 1. The number of hydrogen-bond acceptors (Lipinski definition) is 6. The maximum absolute atomic E-state index is 12.1. The zero-order valence-electron chi connectivity index (χ0n) is 13.4. The van der Waals surface area contributed by atoms with Gasteiger partial charge in [-0.15, -0.1) is 0 Å². The van der Waals surface area contributed by atoms with Crippen LogP contribution in [0.4, 0.5) is 0 Å². The lowest BCUT2D eigenvalue weighted by molar-refractivity contribution is -0.146. The number of carbonyl (C=O) groups excluding carboxylic acids is 2. The number of esters is 1. The first-order valence-corrected chi connectivity index (χ1v) is 8.48. The van der Waals surface area contributed by atoms with Crippen LogP contribution in [0.5, 0.6) is 0 Å².